The van der Waals surface area contributed by atoms with Gasteiger partial charge in [-0.25, -0.2) is 0 Å². The molecular formula is C11H21NO3. The van der Waals surface area contributed by atoms with E-state index in [1.54, 1.807) is 4.90 Å². The van der Waals surface area contributed by atoms with Crippen LogP contribution in [0.5, 0.6) is 0 Å². The van der Waals surface area contributed by atoms with Crippen molar-refractivity contribution in [2.75, 3.05) is 6.54 Å². The molecule has 1 amide bonds. The van der Waals surface area contributed by atoms with E-state index in [4.69, 9.17) is 5.11 Å². The van der Waals surface area contributed by atoms with Crippen LogP contribution in [0.3, 0.4) is 0 Å². The summed E-state index contributed by atoms with van der Waals surface area (Å²) in [7, 11) is 0. The van der Waals surface area contributed by atoms with E-state index in [1.807, 2.05) is 27.7 Å². The number of nitrogens with zero attached hydrogens (tertiary/aromatic N) is 1. The molecule has 15 heavy (non-hydrogen) atoms. The Morgan fingerprint density at radius 1 is 1.20 bits per heavy atom. The van der Waals surface area contributed by atoms with Crippen LogP contribution in [0.15, 0.2) is 0 Å². The Hall–Kier alpha value is -1.06. The van der Waals surface area contributed by atoms with Crippen molar-refractivity contribution in [2.45, 2.75) is 52.5 Å². The Kier molecular flexibility index (Phi) is 5.33. The summed E-state index contributed by atoms with van der Waals surface area (Å²) in [6.45, 7) is 7.99. The molecule has 0 aliphatic heterocycles. The molecule has 0 saturated heterocycles. The van der Waals surface area contributed by atoms with Crippen LogP contribution in [-0.2, 0) is 9.59 Å². The molecule has 0 aromatic heterocycles. The Bertz CT molecular complexity index is 230. The molecule has 0 unspecified atom stereocenters. The quantitative estimate of drug-likeness (QED) is 0.762. The maximum absolute atomic E-state index is 11.7. The van der Waals surface area contributed by atoms with Crippen molar-refractivity contribution in [1.82, 2.24) is 4.90 Å². The number of carbonyl (C=O) groups is 2. The van der Waals surface area contributed by atoms with Crippen molar-refractivity contribution in [2.24, 2.45) is 0 Å². The van der Waals surface area contributed by atoms with E-state index >= 15 is 0 Å². The van der Waals surface area contributed by atoms with Gasteiger partial charge in [-0.2, -0.15) is 0 Å². The molecule has 0 spiro atoms. The molecule has 1 N–H and O–H groups in total. The Labute approximate surface area is 91.3 Å². The summed E-state index contributed by atoms with van der Waals surface area (Å²) in [6.07, 6.45) is 1.28. The molecule has 0 aromatic rings. The van der Waals surface area contributed by atoms with E-state index in [0.717, 1.165) is 6.42 Å². The highest BCUT2D eigenvalue weighted by Crippen LogP contribution is 2.15. The first-order chi connectivity index (χ1) is 6.79. The van der Waals surface area contributed by atoms with Crippen LogP contribution < -0.4 is 0 Å². The minimum atomic E-state index is -0.867. The van der Waals surface area contributed by atoms with Crippen LogP contribution in [0.2, 0.25) is 0 Å². The van der Waals surface area contributed by atoms with Crippen molar-refractivity contribution < 1.29 is 14.7 Å². The fraction of sp³-hybridized carbons (Fsp3) is 0.818. The first kappa shape index (κ1) is 13.9. The topological polar surface area (TPSA) is 57.6 Å². The van der Waals surface area contributed by atoms with Gasteiger partial charge in [-0.1, -0.05) is 6.92 Å². The number of rotatable bonds is 5. The van der Waals surface area contributed by atoms with Crippen LogP contribution in [0, 0.1) is 0 Å². The lowest BCUT2D eigenvalue weighted by atomic mass is 10.0. The lowest BCUT2D eigenvalue weighted by Gasteiger charge is -2.35. The molecule has 88 valence electrons. The summed E-state index contributed by atoms with van der Waals surface area (Å²) < 4.78 is 0. The van der Waals surface area contributed by atoms with Gasteiger partial charge in [-0.3, -0.25) is 9.59 Å². The first-order valence-electron chi connectivity index (χ1n) is 5.31. The molecule has 0 aliphatic rings. The molecule has 0 heterocycles. The molecule has 0 atom stereocenters. The van der Waals surface area contributed by atoms with Crippen LogP contribution in [-0.4, -0.2) is 34.0 Å². The predicted octanol–water partition coefficient (Wildman–Crippen LogP) is 1.89. The smallest absolute Gasteiger partial charge is 0.305 e. The van der Waals surface area contributed by atoms with E-state index in [-0.39, 0.29) is 24.4 Å². The highest BCUT2D eigenvalue weighted by atomic mass is 16.4. The van der Waals surface area contributed by atoms with Crippen molar-refractivity contribution in [3.63, 3.8) is 0 Å². The molecule has 4 heteroatoms. The van der Waals surface area contributed by atoms with Crippen molar-refractivity contribution in [3.8, 4) is 0 Å². The average molecular weight is 215 g/mol. The van der Waals surface area contributed by atoms with Gasteiger partial charge in [0.05, 0.1) is 6.42 Å². The molecule has 0 rings (SSSR count). The summed E-state index contributed by atoms with van der Waals surface area (Å²) in [4.78, 5) is 23.9. The monoisotopic (exact) mass is 215 g/mol. The number of carboxylic acids is 1. The lowest BCUT2D eigenvalue weighted by molar-refractivity contribution is -0.140. The zero-order valence-electron chi connectivity index (χ0n) is 10.0. The number of amides is 1. The molecule has 0 fully saturated rings. The third kappa shape index (κ3) is 5.40. The normalized spacial score (nSPS) is 11.2. The number of carbonyl (C=O) groups excluding carboxylic acids is 1. The molecule has 0 aromatic carbocycles. The van der Waals surface area contributed by atoms with Crippen LogP contribution in [0.1, 0.15) is 47.0 Å². The molecular weight excluding hydrogens is 194 g/mol. The van der Waals surface area contributed by atoms with Crippen molar-refractivity contribution >= 4 is 11.9 Å². The highest BCUT2D eigenvalue weighted by molar-refractivity contribution is 5.77. The van der Waals surface area contributed by atoms with E-state index in [2.05, 4.69) is 0 Å². The van der Waals surface area contributed by atoms with Crippen LogP contribution in [0.4, 0.5) is 0 Å². The first-order valence-corrected chi connectivity index (χ1v) is 5.31. The third-order valence-electron chi connectivity index (χ3n) is 2.12. The minimum absolute atomic E-state index is 0.00667. The van der Waals surface area contributed by atoms with Crippen molar-refractivity contribution in [1.29, 1.82) is 0 Å². The maximum atomic E-state index is 11.7. The van der Waals surface area contributed by atoms with E-state index in [0.29, 0.717) is 6.42 Å². The average Bonchev–Trinajstić information content (AvgIpc) is 2.01. The van der Waals surface area contributed by atoms with Gasteiger partial charge in [0, 0.05) is 18.5 Å². The second-order valence-corrected chi connectivity index (χ2v) is 4.61. The number of hydrogen-bond acceptors (Lipinski definition) is 2. The van der Waals surface area contributed by atoms with Gasteiger partial charge >= 0.3 is 5.97 Å². The van der Waals surface area contributed by atoms with Crippen LogP contribution in [0.25, 0.3) is 0 Å². The van der Waals surface area contributed by atoms with Gasteiger partial charge in [0.15, 0.2) is 0 Å². The van der Waals surface area contributed by atoms with Crippen molar-refractivity contribution in [3.05, 3.63) is 0 Å². The molecule has 0 radical (unpaired) electrons. The summed E-state index contributed by atoms with van der Waals surface area (Å²) in [5.74, 6) is -0.834. The summed E-state index contributed by atoms with van der Waals surface area (Å²) in [5, 5.41) is 8.60. The van der Waals surface area contributed by atoms with E-state index in [1.165, 1.54) is 0 Å². The maximum Gasteiger partial charge on any atom is 0.305 e. The lowest BCUT2D eigenvalue weighted by Crippen LogP contribution is -2.46. The van der Waals surface area contributed by atoms with Gasteiger partial charge in [-0.05, 0) is 27.2 Å². The predicted molar refractivity (Wildman–Crippen MR) is 58.6 cm³/mol. The number of carboxylic acid groups (broad SMARTS) is 1. The van der Waals surface area contributed by atoms with Gasteiger partial charge < -0.3 is 10.0 Å². The molecule has 0 bridgehead atoms. The molecule has 4 nitrogen and oxygen atoms in total. The second-order valence-electron chi connectivity index (χ2n) is 4.61. The molecule has 0 saturated carbocycles. The standard InChI is InChI=1S/C11H21NO3/c1-5-6-9(13)12(11(2,3)4)8-7-10(14)15/h5-8H2,1-4H3,(H,14,15). The third-order valence-corrected chi connectivity index (χ3v) is 2.12. The largest absolute Gasteiger partial charge is 0.481 e. The Morgan fingerprint density at radius 2 is 1.73 bits per heavy atom. The summed E-state index contributed by atoms with van der Waals surface area (Å²) >= 11 is 0. The fourth-order valence-electron chi connectivity index (χ4n) is 1.39. The molecule has 0 aliphatic carbocycles. The van der Waals surface area contributed by atoms with Gasteiger partial charge in [0.1, 0.15) is 0 Å². The van der Waals surface area contributed by atoms with E-state index < -0.39 is 5.97 Å². The fourth-order valence-corrected chi connectivity index (χ4v) is 1.39. The SMILES string of the molecule is CCCC(=O)N(CCC(=O)O)C(C)(C)C. The summed E-state index contributed by atoms with van der Waals surface area (Å²) in [5.41, 5.74) is -0.304. The second kappa shape index (κ2) is 5.73. The Balaban J connectivity index is 4.45. The van der Waals surface area contributed by atoms with Gasteiger partial charge in [0.2, 0.25) is 5.91 Å². The van der Waals surface area contributed by atoms with Gasteiger partial charge in [-0.15, -0.1) is 0 Å². The van der Waals surface area contributed by atoms with E-state index in [9.17, 15) is 9.59 Å². The van der Waals surface area contributed by atoms with Gasteiger partial charge in [0.25, 0.3) is 0 Å². The van der Waals surface area contributed by atoms with Crippen LogP contribution >= 0.6 is 0 Å². The Morgan fingerprint density at radius 3 is 2.07 bits per heavy atom. The summed E-state index contributed by atoms with van der Waals surface area (Å²) in [6, 6.07) is 0. The minimum Gasteiger partial charge on any atom is -0.481 e. The highest BCUT2D eigenvalue weighted by Gasteiger charge is 2.25. The zero-order chi connectivity index (χ0) is 12.1. The number of hydrogen-bond donors (Lipinski definition) is 1. The zero-order valence-corrected chi connectivity index (χ0v) is 10.0. The number of aliphatic carboxylic acids is 1.